The van der Waals surface area contributed by atoms with Gasteiger partial charge in [-0.1, -0.05) is 236 Å². The lowest BCUT2D eigenvalue weighted by Crippen LogP contribution is -2.46. The largest absolute Gasteiger partial charge is 0.462 e. The first-order valence-electron chi connectivity index (χ1n) is 28.0. The van der Waals surface area contributed by atoms with E-state index in [4.69, 9.17) is 4.74 Å². The monoisotopic (exact) mass is 910 g/mol. The van der Waals surface area contributed by atoms with Crippen molar-refractivity contribution >= 4 is 11.9 Å². The minimum absolute atomic E-state index is 0.0451. The van der Waals surface area contributed by atoms with Gasteiger partial charge < -0.3 is 20.3 Å². The average Bonchev–Trinajstić information content (AvgIpc) is 3.30. The lowest BCUT2D eigenvalue weighted by atomic mass is 10.0. The minimum Gasteiger partial charge on any atom is -0.462 e. The smallest absolute Gasteiger partial charge is 0.306 e. The summed E-state index contributed by atoms with van der Waals surface area (Å²) in [5.41, 5.74) is 0. The van der Waals surface area contributed by atoms with E-state index in [0.717, 1.165) is 77.0 Å². The van der Waals surface area contributed by atoms with Crippen LogP contribution in [-0.4, -0.2) is 46.9 Å². The van der Waals surface area contributed by atoms with Crippen LogP contribution in [0.15, 0.2) is 60.8 Å². The lowest BCUT2D eigenvalue weighted by Gasteiger charge is -2.24. The summed E-state index contributed by atoms with van der Waals surface area (Å²) in [5.74, 6) is -0.550. The number of unbranched alkanes of at least 4 members (excludes halogenated alkanes) is 28. The Labute approximate surface area is 403 Å². The van der Waals surface area contributed by atoms with Crippen molar-refractivity contribution in [3.63, 3.8) is 0 Å². The number of aliphatic hydroxyl groups excluding tert-OH is 2. The molecule has 0 rings (SSSR count). The molecule has 1 amide bonds. The normalized spacial score (nSPS) is 13.6. The van der Waals surface area contributed by atoms with Crippen molar-refractivity contribution in [3.05, 3.63) is 60.8 Å². The van der Waals surface area contributed by atoms with Crippen LogP contribution in [0.4, 0.5) is 0 Å². The molecule has 0 radical (unpaired) electrons. The SMILES string of the molecule is CCCCC/C=C\C/C=C\C/C=C\C/C=C\CCCC(=O)OC(CCCCC/C=C/CCCCCCCCC)CC(=O)NC(CO)C(O)CCCCCCCCCCCCCCCCC. The van der Waals surface area contributed by atoms with Gasteiger partial charge >= 0.3 is 5.97 Å². The molecule has 0 aliphatic rings. The Kier molecular flexibility index (Phi) is 50.6. The Morgan fingerprint density at radius 3 is 1.25 bits per heavy atom. The van der Waals surface area contributed by atoms with Crippen LogP contribution < -0.4 is 5.32 Å². The van der Waals surface area contributed by atoms with Crippen molar-refractivity contribution in [1.29, 1.82) is 0 Å². The maximum Gasteiger partial charge on any atom is 0.306 e. The minimum atomic E-state index is -0.802. The Morgan fingerprint density at radius 1 is 0.446 bits per heavy atom. The van der Waals surface area contributed by atoms with Gasteiger partial charge in [-0.3, -0.25) is 9.59 Å². The van der Waals surface area contributed by atoms with Crippen molar-refractivity contribution in [2.45, 2.75) is 296 Å². The summed E-state index contributed by atoms with van der Waals surface area (Å²) in [6.45, 7) is 6.45. The van der Waals surface area contributed by atoms with Crippen molar-refractivity contribution in [3.8, 4) is 0 Å². The van der Waals surface area contributed by atoms with Gasteiger partial charge in [0.05, 0.1) is 25.2 Å². The molecule has 0 spiro atoms. The third-order valence-electron chi connectivity index (χ3n) is 12.6. The molecule has 378 valence electrons. The molecule has 0 bridgehead atoms. The standard InChI is InChI=1S/C59H107NO5/c1-4-7-10-13-16-19-22-25-28-29-31-34-37-40-43-46-49-52-59(64)65-55(50-47-44-41-38-35-32-27-24-21-18-15-12-9-6-3)53-58(63)60-56(54-61)57(62)51-48-45-42-39-36-33-30-26-23-20-17-14-11-8-5-2/h16,19,25,28,31-32,34-35,40,43,55-57,61-62H,4-15,17-18,20-24,26-27,29-30,33,36-39,41-42,44-54H2,1-3H3,(H,60,63)/b19-16-,28-25-,34-31-,35-32+,43-40-. The van der Waals surface area contributed by atoms with Crippen LogP contribution in [0.25, 0.3) is 0 Å². The van der Waals surface area contributed by atoms with Crippen LogP contribution in [0.3, 0.4) is 0 Å². The van der Waals surface area contributed by atoms with Crippen molar-refractivity contribution in [1.82, 2.24) is 5.32 Å². The van der Waals surface area contributed by atoms with Gasteiger partial charge in [0.1, 0.15) is 6.10 Å². The van der Waals surface area contributed by atoms with E-state index in [2.05, 4.69) is 86.8 Å². The molecule has 65 heavy (non-hydrogen) atoms. The highest BCUT2D eigenvalue weighted by Gasteiger charge is 2.24. The zero-order valence-electron chi connectivity index (χ0n) is 43.1. The number of nitrogens with one attached hydrogen (secondary N) is 1. The molecule has 3 unspecified atom stereocenters. The molecule has 0 fully saturated rings. The first kappa shape index (κ1) is 62.6. The molecule has 0 aromatic heterocycles. The van der Waals surface area contributed by atoms with Crippen LogP contribution in [0.5, 0.6) is 0 Å². The predicted octanol–water partition coefficient (Wildman–Crippen LogP) is 17.2. The van der Waals surface area contributed by atoms with Crippen molar-refractivity contribution in [2.75, 3.05) is 6.61 Å². The summed E-state index contributed by atoms with van der Waals surface area (Å²) in [4.78, 5) is 26.2. The van der Waals surface area contributed by atoms with E-state index in [0.29, 0.717) is 25.7 Å². The number of aliphatic hydroxyl groups is 2. The number of esters is 1. The summed E-state index contributed by atoms with van der Waals surface area (Å²) in [6, 6.07) is -0.719. The molecule has 0 saturated heterocycles. The summed E-state index contributed by atoms with van der Waals surface area (Å²) >= 11 is 0. The molecule has 0 aromatic rings. The number of amides is 1. The molecular formula is C59H107NO5. The zero-order valence-corrected chi connectivity index (χ0v) is 43.1. The van der Waals surface area contributed by atoms with Gasteiger partial charge in [-0.15, -0.1) is 0 Å². The molecule has 0 aliphatic heterocycles. The highest BCUT2D eigenvalue weighted by molar-refractivity contribution is 5.77. The van der Waals surface area contributed by atoms with E-state index in [1.807, 2.05) is 0 Å². The zero-order chi connectivity index (χ0) is 47.4. The highest BCUT2D eigenvalue weighted by Crippen LogP contribution is 2.17. The van der Waals surface area contributed by atoms with E-state index >= 15 is 0 Å². The number of hydrogen-bond acceptors (Lipinski definition) is 5. The molecule has 3 atom stereocenters. The lowest BCUT2D eigenvalue weighted by molar-refractivity contribution is -0.151. The summed E-state index contributed by atoms with van der Waals surface area (Å²) in [7, 11) is 0. The fourth-order valence-electron chi connectivity index (χ4n) is 8.30. The van der Waals surface area contributed by atoms with Gasteiger partial charge in [0.25, 0.3) is 0 Å². The second-order valence-corrected chi connectivity index (χ2v) is 19.0. The van der Waals surface area contributed by atoms with Crippen molar-refractivity contribution in [2.24, 2.45) is 0 Å². The van der Waals surface area contributed by atoms with Gasteiger partial charge in [0, 0.05) is 6.42 Å². The topological polar surface area (TPSA) is 95.9 Å². The molecule has 3 N–H and O–H groups in total. The van der Waals surface area contributed by atoms with Crippen LogP contribution in [0.2, 0.25) is 0 Å². The molecule has 6 nitrogen and oxygen atoms in total. The summed E-state index contributed by atoms with van der Waals surface area (Å²) < 4.78 is 5.91. The average molecular weight is 911 g/mol. The Balaban J connectivity index is 4.65. The Bertz CT molecular complexity index is 1160. The maximum absolute atomic E-state index is 13.2. The van der Waals surface area contributed by atoms with E-state index in [9.17, 15) is 19.8 Å². The second-order valence-electron chi connectivity index (χ2n) is 19.0. The van der Waals surface area contributed by atoms with Gasteiger partial charge in [0.2, 0.25) is 5.91 Å². The Hall–Kier alpha value is -2.44. The van der Waals surface area contributed by atoms with Crippen LogP contribution >= 0.6 is 0 Å². The number of allylic oxidation sites excluding steroid dienone is 10. The first-order valence-corrected chi connectivity index (χ1v) is 28.0. The first-order chi connectivity index (χ1) is 32.0. The second kappa shape index (κ2) is 52.5. The number of carbonyl (C=O) groups is 2. The number of ether oxygens (including phenoxy) is 1. The Morgan fingerprint density at radius 2 is 0.785 bits per heavy atom. The van der Waals surface area contributed by atoms with Crippen LogP contribution in [-0.2, 0) is 14.3 Å². The molecule has 0 saturated carbocycles. The molecule has 6 heteroatoms. The maximum atomic E-state index is 13.2. The van der Waals surface area contributed by atoms with E-state index in [1.165, 1.54) is 148 Å². The van der Waals surface area contributed by atoms with Gasteiger partial charge in [0.15, 0.2) is 0 Å². The molecule has 0 heterocycles. The summed E-state index contributed by atoms with van der Waals surface area (Å²) in [6.07, 6.45) is 65.7. The molecular weight excluding hydrogens is 803 g/mol. The predicted molar refractivity (Wildman–Crippen MR) is 282 cm³/mol. The van der Waals surface area contributed by atoms with Gasteiger partial charge in [-0.25, -0.2) is 0 Å². The summed E-state index contributed by atoms with van der Waals surface area (Å²) in [5, 5.41) is 23.8. The van der Waals surface area contributed by atoms with Crippen LogP contribution in [0.1, 0.15) is 278 Å². The molecule has 0 aliphatic carbocycles. The number of carbonyl (C=O) groups excluding carboxylic acids is 2. The van der Waals surface area contributed by atoms with Crippen LogP contribution in [0, 0.1) is 0 Å². The quantitative estimate of drug-likeness (QED) is 0.0321. The highest BCUT2D eigenvalue weighted by atomic mass is 16.5. The fraction of sp³-hybridized carbons (Fsp3) is 0.797. The fourth-order valence-corrected chi connectivity index (χ4v) is 8.30. The number of rotatable bonds is 50. The number of hydrogen-bond donors (Lipinski definition) is 3. The van der Waals surface area contributed by atoms with E-state index < -0.39 is 18.2 Å². The molecule has 0 aromatic carbocycles. The third-order valence-corrected chi connectivity index (χ3v) is 12.6. The van der Waals surface area contributed by atoms with E-state index in [1.54, 1.807) is 0 Å². The van der Waals surface area contributed by atoms with Crippen molar-refractivity contribution < 1.29 is 24.5 Å². The van der Waals surface area contributed by atoms with Gasteiger partial charge in [-0.05, 0) is 89.9 Å². The van der Waals surface area contributed by atoms with Gasteiger partial charge in [-0.2, -0.15) is 0 Å². The van der Waals surface area contributed by atoms with E-state index in [-0.39, 0.29) is 24.9 Å². The third kappa shape index (κ3) is 47.8.